The lowest BCUT2D eigenvalue weighted by Crippen LogP contribution is -2.29. The molecule has 1 saturated heterocycles. The Kier molecular flexibility index (Phi) is 4.64. The molecule has 7 heteroatoms. The maximum absolute atomic E-state index is 12.7. The second-order valence-electron chi connectivity index (χ2n) is 6.03. The average Bonchev–Trinajstić information content (AvgIpc) is 3.18. The molecule has 1 fully saturated rings. The summed E-state index contributed by atoms with van der Waals surface area (Å²) in [5.41, 5.74) is 7.09. The number of carbonyl (C=O) groups is 1. The Morgan fingerprint density at radius 2 is 2.08 bits per heavy atom. The van der Waals surface area contributed by atoms with Crippen molar-refractivity contribution < 1.29 is 9.72 Å². The van der Waals surface area contributed by atoms with Crippen LogP contribution in [0, 0.1) is 23.0 Å². The predicted molar refractivity (Wildman–Crippen MR) is 93.3 cm³/mol. The first-order chi connectivity index (χ1) is 11.5. The van der Waals surface area contributed by atoms with E-state index in [9.17, 15) is 14.9 Å². The molecular weight excluding hydrogens is 326 g/mol. The van der Waals surface area contributed by atoms with Crippen molar-refractivity contribution in [3.8, 4) is 0 Å². The molecule has 6 nitrogen and oxygen atoms in total. The lowest BCUT2D eigenvalue weighted by molar-refractivity contribution is -0.385. The van der Waals surface area contributed by atoms with E-state index < -0.39 is 4.92 Å². The summed E-state index contributed by atoms with van der Waals surface area (Å²) in [4.78, 5) is 26.0. The van der Waals surface area contributed by atoms with E-state index in [0.29, 0.717) is 29.4 Å². The smallest absolute Gasteiger partial charge is 0.283 e. The number of nitro groups is 1. The van der Waals surface area contributed by atoms with Crippen LogP contribution in [0.1, 0.15) is 26.0 Å². The number of hydrogen-bond acceptors (Lipinski definition) is 5. The molecule has 0 aliphatic carbocycles. The standard InChI is InChI=1S/C17H19N3O3S/c1-11-15(20(22)23)7-16(24-11)17(21)19-9-13(8-18)14(10-19)12-5-3-2-4-6-12/h2-7,13-14H,8-10,18H2,1H3/t13-,14+/m1/s1. The third-order valence-electron chi connectivity index (χ3n) is 4.56. The molecule has 1 aliphatic rings. The number of likely N-dealkylation sites (tertiary alicyclic amines) is 1. The van der Waals surface area contributed by atoms with Gasteiger partial charge in [0.15, 0.2) is 0 Å². The minimum Gasteiger partial charge on any atom is -0.337 e. The van der Waals surface area contributed by atoms with E-state index in [2.05, 4.69) is 12.1 Å². The van der Waals surface area contributed by atoms with Gasteiger partial charge in [-0.3, -0.25) is 14.9 Å². The van der Waals surface area contributed by atoms with Crippen molar-refractivity contribution in [2.75, 3.05) is 19.6 Å². The highest BCUT2D eigenvalue weighted by atomic mass is 32.1. The molecule has 1 aromatic carbocycles. The molecule has 1 amide bonds. The normalized spacial score (nSPS) is 20.3. The van der Waals surface area contributed by atoms with Crippen LogP contribution in [0.4, 0.5) is 5.69 Å². The zero-order valence-electron chi connectivity index (χ0n) is 13.3. The van der Waals surface area contributed by atoms with Crippen LogP contribution in [0.25, 0.3) is 0 Å². The van der Waals surface area contributed by atoms with Gasteiger partial charge in [0.2, 0.25) is 0 Å². The Morgan fingerprint density at radius 3 is 2.67 bits per heavy atom. The van der Waals surface area contributed by atoms with Gasteiger partial charge in [0, 0.05) is 25.1 Å². The Balaban J connectivity index is 1.82. The third kappa shape index (κ3) is 3.05. The van der Waals surface area contributed by atoms with Crippen LogP contribution in [0.3, 0.4) is 0 Å². The van der Waals surface area contributed by atoms with Gasteiger partial charge < -0.3 is 10.6 Å². The molecule has 2 N–H and O–H groups in total. The van der Waals surface area contributed by atoms with Crippen molar-refractivity contribution in [2.45, 2.75) is 12.8 Å². The maximum atomic E-state index is 12.7. The number of benzene rings is 1. The minimum absolute atomic E-state index is 0.0116. The van der Waals surface area contributed by atoms with Gasteiger partial charge in [0.25, 0.3) is 11.6 Å². The summed E-state index contributed by atoms with van der Waals surface area (Å²) in [6.07, 6.45) is 0. The number of nitrogens with two attached hydrogens (primary N) is 1. The van der Waals surface area contributed by atoms with Crippen LogP contribution < -0.4 is 5.73 Å². The molecule has 24 heavy (non-hydrogen) atoms. The lowest BCUT2D eigenvalue weighted by atomic mass is 9.89. The maximum Gasteiger partial charge on any atom is 0.283 e. The first-order valence-corrected chi connectivity index (χ1v) is 8.62. The molecule has 1 aliphatic heterocycles. The van der Waals surface area contributed by atoms with E-state index in [1.54, 1.807) is 11.8 Å². The van der Waals surface area contributed by atoms with Gasteiger partial charge >= 0.3 is 0 Å². The van der Waals surface area contributed by atoms with E-state index in [0.717, 1.165) is 0 Å². The summed E-state index contributed by atoms with van der Waals surface area (Å²) >= 11 is 1.18. The minimum atomic E-state index is -0.442. The summed E-state index contributed by atoms with van der Waals surface area (Å²) in [5, 5.41) is 11.0. The summed E-state index contributed by atoms with van der Waals surface area (Å²) in [7, 11) is 0. The van der Waals surface area contributed by atoms with E-state index in [-0.39, 0.29) is 23.4 Å². The number of rotatable bonds is 4. The molecule has 0 radical (unpaired) electrons. The van der Waals surface area contributed by atoms with Gasteiger partial charge in [-0.2, -0.15) is 0 Å². The van der Waals surface area contributed by atoms with Gasteiger partial charge in [-0.15, -0.1) is 11.3 Å². The number of amides is 1. The second-order valence-corrected chi connectivity index (χ2v) is 7.29. The fraction of sp³-hybridized carbons (Fsp3) is 0.353. The fourth-order valence-electron chi connectivity index (χ4n) is 3.27. The molecule has 0 unspecified atom stereocenters. The van der Waals surface area contributed by atoms with Crippen molar-refractivity contribution in [1.29, 1.82) is 0 Å². The molecule has 0 saturated carbocycles. The van der Waals surface area contributed by atoms with Crippen molar-refractivity contribution in [3.05, 3.63) is 61.8 Å². The quantitative estimate of drug-likeness (QED) is 0.681. The summed E-state index contributed by atoms with van der Waals surface area (Å²) in [6.45, 7) is 3.35. The summed E-state index contributed by atoms with van der Waals surface area (Å²) in [6, 6.07) is 11.4. The molecule has 2 atom stereocenters. The molecule has 1 aromatic heterocycles. The Labute approximate surface area is 144 Å². The number of nitrogens with zero attached hydrogens (tertiary/aromatic N) is 2. The van der Waals surface area contributed by atoms with E-state index in [4.69, 9.17) is 5.73 Å². The van der Waals surface area contributed by atoms with E-state index in [1.165, 1.54) is 23.0 Å². The van der Waals surface area contributed by atoms with Crippen LogP contribution in [0.2, 0.25) is 0 Å². The van der Waals surface area contributed by atoms with Crippen molar-refractivity contribution in [2.24, 2.45) is 11.7 Å². The molecular formula is C17H19N3O3S. The fourth-order valence-corrected chi connectivity index (χ4v) is 4.22. The highest BCUT2D eigenvalue weighted by Crippen LogP contribution is 2.35. The Bertz CT molecular complexity index is 760. The van der Waals surface area contributed by atoms with Gasteiger partial charge in [-0.1, -0.05) is 30.3 Å². The molecule has 3 rings (SSSR count). The van der Waals surface area contributed by atoms with Crippen LogP contribution >= 0.6 is 11.3 Å². The molecule has 126 valence electrons. The molecule has 2 aromatic rings. The van der Waals surface area contributed by atoms with E-state index >= 15 is 0 Å². The van der Waals surface area contributed by atoms with Crippen molar-refractivity contribution in [3.63, 3.8) is 0 Å². The van der Waals surface area contributed by atoms with E-state index in [1.807, 2.05) is 18.2 Å². The molecule has 0 bridgehead atoms. The Morgan fingerprint density at radius 1 is 1.38 bits per heavy atom. The third-order valence-corrected chi connectivity index (χ3v) is 5.59. The lowest BCUT2D eigenvalue weighted by Gasteiger charge is -2.16. The van der Waals surface area contributed by atoms with Crippen LogP contribution in [-0.2, 0) is 0 Å². The topological polar surface area (TPSA) is 89.5 Å². The number of thiophene rings is 1. The summed E-state index contributed by atoms with van der Waals surface area (Å²) < 4.78 is 0. The first-order valence-electron chi connectivity index (χ1n) is 7.80. The highest BCUT2D eigenvalue weighted by molar-refractivity contribution is 7.14. The van der Waals surface area contributed by atoms with Gasteiger partial charge in [0.1, 0.15) is 0 Å². The largest absolute Gasteiger partial charge is 0.337 e. The predicted octanol–water partition coefficient (Wildman–Crippen LogP) is 2.78. The molecule has 0 spiro atoms. The van der Waals surface area contributed by atoms with Crippen LogP contribution in [-0.4, -0.2) is 35.4 Å². The number of carbonyl (C=O) groups excluding carboxylic acids is 1. The van der Waals surface area contributed by atoms with Gasteiger partial charge in [0.05, 0.1) is 14.7 Å². The molecule has 2 heterocycles. The number of aryl methyl sites for hydroxylation is 1. The zero-order chi connectivity index (χ0) is 17.3. The van der Waals surface area contributed by atoms with Gasteiger partial charge in [-0.25, -0.2) is 0 Å². The monoisotopic (exact) mass is 345 g/mol. The Hall–Kier alpha value is -2.25. The SMILES string of the molecule is Cc1sc(C(=O)N2C[C@@H](CN)[C@H](c3ccccc3)C2)cc1[N+](=O)[O-]. The zero-order valence-corrected chi connectivity index (χ0v) is 14.2. The summed E-state index contributed by atoms with van der Waals surface area (Å²) in [5.74, 6) is 0.261. The average molecular weight is 345 g/mol. The second kappa shape index (κ2) is 6.70. The first kappa shape index (κ1) is 16.6. The number of hydrogen-bond donors (Lipinski definition) is 1. The highest BCUT2D eigenvalue weighted by Gasteiger charge is 2.36. The van der Waals surface area contributed by atoms with Crippen molar-refractivity contribution in [1.82, 2.24) is 4.90 Å². The van der Waals surface area contributed by atoms with Crippen LogP contribution in [0.5, 0.6) is 0 Å². The van der Waals surface area contributed by atoms with Crippen LogP contribution in [0.15, 0.2) is 36.4 Å². The van der Waals surface area contributed by atoms with Gasteiger partial charge in [-0.05, 0) is 24.9 Å². The van der Waals surface area contributed by atoms with Crippen molar-refractivity contribution >= 4 is 22.9 Å².